The molecule has 3 nitrogen and oxygen atoms in total. The van der Waals surface area contributed by atoms with Gasteiger partial charge in [0.25, 0.3) is 0 Å². The first-order valence-corrected chi connectivity index (χ1v) is 8.32. The fourth-order valence-corrected chi connectivity index (χ4v) is 2.95. The summed E-state index contributed by atoms with van der Waals surface area (Å²) < 4.78 is 3.35. The molecule has 0 saturated carbocycles. The predicted molar refractivity (Wildman–Crippen MR) is 85.4 cm³/mol. The molecule has 0 aliphatic heterocycles. The summed E-state index contributed by atoms with van der Waals surface area (Å²) in [5, 5.41) is 4.68. The van der Waals surface area contributed by atoms with Crippen molar-refractivity contribution in [3.8, 4) is 0 Å². The van der Waals surface area contributed by atoms with E-state index in [1.54, 1.807) is 0 Å². The normalized spacial score (nSPS) is 13.2. The molecule has 0 bridgehead atoms. The van der Waals surface area contributed by atoms with Crippen molar-refractivity contribution in [2.75, 3.05) is 13.1 Å². The quantitative estimate of drug-likeness (QED) is 0.716. The molecule has 1 rings (SSSR count). The van der Waals surface area contributed by atoms with E-state index in [1.165, 1.54) is 22.3 Å². The minimum atomic E-state index is 0.752. The zero-order chi connectivity index (χ0) is 14.4. The van der Waals surface area contributed by atoms with Gasteiger partial charge in [-0.05, 0) is 41.7 Å². The summed E-state index contributed by atoms with van der Waals surface area (Å²) in [5.41, 5.74) is 2.50. The number of hydrogen-bond donors (Lipinski definition) is 0. The van der Waals surface area contributed by atoms with Gasteiger partial charge in [-0.1, -0.05) is 34.1 Å². The molecule has 1 aromatic rings. The van der Waals surface area contributed by atoms with Gasteiger partial charge in [-0.15, -0.1) is 0 Å². The summed E-state index contributed by atoms with van der Waals surface area (Å²) in [6.07, 6.45) is 2.23. The SMILES string of the molecule is CCc1nn(CC)c(CN(CC)CC(C)CC)c1Br. The maximum absolute atomic E-state index is 4.68. The molecular formula is C15H28BrN3. The van der Waals surface area contributed by atoms with Crippen LogP contribution in [0.15, 0.2) is 4.47 Å². The lowest BCUT2D eigenvalue weighted by Gasteiger charge is -2.24. The monoisotopic (exact) mass is 329 g/mol. The van der Waals surface area contributed by atoms with Crippen LogP contribution in [0.5, 0.6) is 0 Å². The van der Waals surface area contributed by atoms with Crippen LogP contribution in [0.3, 0.4) is 0 Å². The molecule has 1 unspecified atom stereocenters. The molecule has 110 valence electrons. The van der Waals surface area contributed by atoms with E-state index in [2.05, 4.69) is 65.2 Å². The standard InChI is InChI=1S/C15H28BrN3/c1-6-12(5)10-18(8-3)11-14-15(16)13(7-2)17-19(14)9-4/h12H,6-11H2,1-5H3. The molecule has 0 N–H and O–H groups in total. The molecule has 0 spiro atoms. The van der Waals surface area contributed by atoms with Gasteiger partial charge in [0.2, 0.25) is 0 Å². The second-order valence-corrected chi connectivity index (χ2v) is 6.01. The van der Waals surface area contributed by atoms with Crippen LogP contribution in [0.2, 0.25) is 0 Å². The summed E-state index contributed by atoms with van der Waals surface area (Å²) in [6.45, 7) is 15.3. The highest BCUT2D eigenvalue weighted by molar-refractivity contribution is 9.10. The van der Waals surface area contributed by atoms with Crippen molar-refractivity contribution < 1.29 is 0 Å². The van der Waals surface area contributed by atoms with Crippen LogP contribution in [-0.2, 0) is 19.5 Å². The van der Waals surface area contributed by atoms with E-state index in [1.807, 2.05) is 0 Å². The molecular weight excluding hydrogens is 302 g/mol. The van der Waals surface area contributed by atoms with E-state index < -0.39 is 0 Å². The van der Waals surface area contributed by atoms with E-state index in [0.717, 1.165) is 38.5 Å². The topological polar surface area (TPSA) is 21.1 Å². The molecule has 1 atom stereocenters. The third-order valence-electron chi connectivity index (χ3n) is 3.78. The highest BCUT2D eigenvalue weighted by Crippen LogP contribution is 2.24. The summed E-state index contributed by atoms with van der Waals surface area (Å²) in [5.74, 6) is 0.752. The molecule has 19 heavy (non-hydrogen) atoms. The smallest absolute Gasteiger partial charge is 0.0767 e. The Balaban J connectivity index is 2.86. The molecule has 1 heterocycles. The van der Waals surface area contributed by atoms with Gasteiger partial charge in [0.05, 0.1) is 15.9 Å². The molecule has 0 aliphatic rings. The minimum Gasteiger partial charge on any atom is -0.297 e. The average Bonchev–Trinajstić information content (AvgIpc) is 2.73. The number of nitrogens with zero attached hydrogens (tertiary/aromatic N) is 3. The average molecular weight is 330 g/mol. The van der Waals surface area contributed by atoms with Crippen molar-refractivity contribution in [2.45, 2.75) is 60.5 Å². The largest absolute Gasteiger partial charge is 0.297 e. The summed E-state index contributed by atoms with van der Waals surface area (Å²) in [4.78, 5) is 2.52. The Kier molecular flexibility index (Phi) is 7.08. The fourth-order valence-electron chi connectivity index (χ4n) is 2.26. The third-order valence-corrected chi connectivity index (χ3v) is 4.70. The molecule has 4 heteroatoms. The van der Waals surface area contributed by atoms with E-state index >= 15 is 0 Å². The van der Waals surface area contributed by atoms with Crippen LogP contribution in [0.25, 0.3) is 0 Å². The van der Waals surface area contributed by atoms with Crippen molar-refractivity contribution in [3.05, 3.63) is 15.9 Å². The van der Waals surface area contributed by atoms with Crippen LogP contribution in [0.4, 0.5) is 0 Å². The van der Waals surface area contributed by atoms with Crippen molar-refractivity contribution in [2.24, 2.45) is 5.92 Å². The Morgan fingerprint density at radius 3 is 2.42 bits per heavy atom. The van der Waals surface area contributed by atoms with Gasteiger partial charge in [-0.2, -0.15) is 5.10 Å². The van der Waals surface area contributed by atoms with Crippen molar-refractivity contribution in [3.63, 3.8) is 0 Å². The van der Waals surface area contributed by atoms with Crippen LogP contribution in [0, 0.1) is 5.92 Å². The Morgan fingerprint density at radius 1 is 1.26 bits per heavy atom. The van der Waals surface area contributed by atoms with Crippen molar-refractivity contribution in [1.29, 1.82) is 0 Å². The van der Waals surface area contributed by atoms with Crippen LogP contribution < -0.4 is 0 Å². The summed E-state index contributed by atoms with van der Waals surface area (Å²) in [7, 11) is 0. The van der Waals surface area contributed by atoms with Gasteiger partial charge in [-0.25, -0.2) is 0 Å². The molecule has 0 aromatic carbocycles. The van der Waals surface area contributed by atoms with Gasteiger partial charge in [-0.3, -0.25) is 9.58 Å². The molecule has 1 aromatic heterocycles. The highest BCUT2D eigenvalue weighted by Gasteiger charge is 2.17. The first kappa shape index (κ1) is 16.7. The minimum absolute atomic E-state index is 0.752. The number of halogens is 1. The van der Waals surface area contributed by atoms with Crippen LogP contribution in [-0.4, -0.2) is 27.8 Å². The van der Waals surface area contributed by atoms with Gasteiger partial charge >= 0.3 is 0 Å². The lowest BCUT2D eigenvalue weighted by atomic mass is 10.1. The number of hydrogen-bond acceptors (Lipinski definition) is 2. The fraction of sp³-hybridized carbons (Fsp3) is 0.800. The molecule has 0 aliphatic carbocycles. The maximum atomic E-state index is 4.68. The molecule has 0 fully saturated rings. The molecule has 0 amide bonds. The predicted octanol–water partition coefficient (Wildman–Crippen LogP) is 4.10. The molecule has 0 radical (unpaired) electrons. The second kappa shape index (κ2) is 8.05. The first-order chi connectivity index (χ1) is 9.07. The van der Waals surface area contributed by atoms with Gasteiger partial charge in [0.1, 0.15) is 0 Å². The Labute approximate surface area is 126 Å². The van der Waals surface area contributed by atoms with Crippen LogP contribution in [0.1, 0.15) is 52.4 Å². The number of rotatable bonds is 8. The van der Waals surface area contributed by atoms with Gasteiger partial charge in [0.15, 0.2) is 0 Å². The zero-order valence-electron chi connectivity index (χ0n) is 13.0. The third kappa shape index (κ3) is 4.32. The van der Waals surface area contributed by atoms with E-state index in [-0.39, 0.29) is 0 Å². The summed E-state index contributed by atoms with van der Waals surface area (Å²) >= 11 is 3.73. The first-order valence-electron chi connectivity index (χ1n) is 7.53. The van der Waals surface area contributed by atoms with E-state index in [4.69, 9.17) is 0 Å². The van der Waals surface area contributed by atoms with Crippen molar-refractivity contribution >= 4 is 15.9 Å². The number of aryl methyl sites for hydroxylation is 2. The maximum Gasteiger partial charge on any atom is 0.0767 e. The lowest BCUT2D eigenvalue weighted by molar-refractivity contribution is 0.231. The van der Waals surface area contributed by atoms with Crippen LogP contribution >= 0.6 is 15.9 Å². The number of aromatic nitrogens is 2. The Morgan fingerprint density at radius 2 is 1.95 bits per heavy atom. The van der Waals surface area contributed by atoms with E-state index in [0.29, 0.717) is 0 Å². The van der Waals surface area contributed by atoms with E-state index in [9.17, 15) is 0 Å². The Hall–Kier alpha value is -0.350. The zero-order valence-corrected chi connectivity index (χ0v) is 14.6. The molecule has 0 saturated heterocycles. The van der Waals surface area contributed by atoms with Crippen molar-refractivity contribution in [1.82, 2.24) is 14.7 Å². The second-order valence-electron chi connectivity index (χ2n) is 5.22. The Bertz CT molecular complexity index is 387. The highest BCUT2D eigenvalue weighted by atomic mass is 79.9. The van der Waals surface area contributed by atoms with Gasteiger partial charge in [0, 0.05) is 19.6 Å². The summed E-state index contributed by atoms with van der Waals surface area (Å²) in [6, 6.07) is 0. The van der Waals surface area contributed by atoms with Gasteiger partial charge < -0.3 is 0 Å². The lowest BCUT2D eigenvalue weighted by Crippen LogP contribution is -2.29.